The number of hydrogen-bond donors (Lipinski definition) is 13. The van der Waals surface area contributed by atoms with Crippen molar-refractivity contribution < 1.29 is 48.6 Å². The van der Waals surface area contributed by atoms with Crippen LogP contribution in [0.1, 0.15) is 64.1 Å². The number of amides is 7. The number of rotatable bonds is 30. The lowest BCUT2D eigenvalue weighted by atomic mass is 10.0. The number of nitrogens with two attached hydrogens (primary N) is 2. The summed E-state index contributed by atoms with van der Waals surface area (Å²) in [6.07, 6.45) is 4.59. The number of aromatic nitrogens is 2. The maximum Gasteiger partial charge on any atom is 0.327 e. The molecule has 1 aromatic carbocycles. The Bertz CT molecular complexity index is 1810. The molecule has 2 aromatic rings. The Morgan fingerprint density at radius 3 is 1.81 bits per heavy atom. The number of aliphatic carboxylic acids is 1. The van der Waals surface area contributed by atoms with E-state index in [1.165, 1.54) is 31.2 Å². The van der Waals surface area contributed by atoms with Gasteiger partial charge in [0.15, 0.2) is 0 Å². The van der Waals surface area contributed by atoms with E-state index in [0.29, 0.717) is 36.4 Å². The van der Waals surface area contributed by atoms with Crippen LogP contribution in [0.25, 0.3) is 0 Å². The van der Waals surface area contributed by atoms with E-state index in [2.05, 4.69) is 59.8 Å². The molecule has 1 heterocycles. The molecule has 0 radical (unpaired) electrons. The molecule has 8 atom stereocenters. The fourth-order valence-electron chi connectivity index (χ4n) is 6.15. The first-order valence-corrected chi connectivity index (χ1v) is 23.0. The fraction of sp³-hybridized carbons (Fsp3) is 0.585. The minimum atomic E-state index is -1.36. The van der Waals surface area contributed by atoms with E-state index >= 15 is 0 Å². The molecule has 0 aliphatic heterocycles. The predicted octanol–water partition coefficient (Wildman–Crippen LogP) is -2.13. The molecular formula is C41H65N11O10S2. The molecule has 2 rings (SSSR count). The van der Waals surface area contributed by atoms with Crippen LogP contribution in [0, 0.1) is 5.92 Å². The van der Waals surface area contributed by atoms with Crippen molar-refractivity contribution in [2.45, 2.75) is 114 Å². The summed E-state index contributed by atoms with van der Waals surface area (Å²) in [5.41, 5.74) is 12.5. The molecule has 0 unspecified atom stereocenters. The van der Waals surface area contributed by atoms with Gasteiger partial charge in [-0.1, -0.05) is 44.2 Å². The van der Waals surface area contributed by atoms with Crippen LogP contribution in [0.15, 0.2) is 42.9 Å². The zero-order valence-corrected chi connectivity index (χ0v) is 38.3. The van der Waals surface area contributed by atoms with Crippen molar-refractivity contribution in [3.05, 3.63) is 54.1 Å². The lowest BCUT2D eigenvalue weighted by molar-refractivity contribution is -0.141. The number of carboxylic acids is 1. The maximum atomic E-state index is 14.3. The van der Waals surface area contributed by atoms with E-state index in [9.17, 15) is 48.6 Å². The van der Waals surface area contributed by atoms with E-state index in [-0.39, 0.29) is 43.8 Å². The summed E-state index contributed by atoms with van der Waals surface area (Å²) < 4.78 is 0. The van der Waals surface area contributed by atoms with Crippen LogP contribution in [-0.4, -0.2) is 147 Å². The summed E-state index contributed by atoms with van der Waals surface area (Å²) in [4.78, 5) is 113. The van der Waals surface area contributed by atoms with Gasteiger partial charge in [-0.2, -0.15) is 24.4 Å². The molecular weight excluding hydrogens is 871 g/mol. The van der Waals surface area contributed by atoms with Crippen molar-refractivity contribution >= 4 is 71.7 Å². The van der Waals surface area contributed by atoms with E-state index in [1.807, 2.05) is 20.1 Å². The van der Waals surface area contributed by atoms with Crippen LogP contribution in [0.2, 0.25) is 0 Å². The molecule has 7 amide bonds. The number of aliphatic hydroxyl groups excluding tert-OH is 1. The van der Waals surface area contributed by atoms with Crippen molar-refractivity contribution in [1.82, 2.24) is 47.2 Å². The van der Waals surface area contributed by atoms with Gasteiger partial charge in [0.05, 0.1) is 19.0 Å². The van der Waals surface area contributed by atoms with E-state index < -0.39 is 102 Å². The van der Waals surface area contributed by atoms with Gasteiger partial charge in [-0.15, -0.1) is 0 Å². The normalized spacial score (nSPS) is 14.9. The molecule has 64 heavy (non-hydrogen) atoms. The second kappa shape index (κ2) is 29.3. The number of thioether (sulfide) groups is 1. The van der Waals surface area contributed by atoms with Gasteiger partial charge in [-0.25, -0.2) is 9.78 Å². The highest BCUT2D eigenvalue weighted by Gasteiger charge is 2.34. The summed E-state index contributed by atoms with van der Waals surface area (Å²) in [6, 6.07) is 0.00751. The summed E-state index contributed by atoms with van der Waals surface area (Å²) in [5.74, 6) is -6.44. The molecule has 0 saturated heterocycles. The summed E-state index contributed by atoms with van der Waals surface area (Å²) in [6.45, 7) is 4.75. The number of carbonyl (C=O) groups is 8. The van der Waals surface area contributed by atoms with Gasteiger partial charge >= 0.3 is 5.97 Å². The van der Waals surface area contributed by atoms with E-state index in [4.69, 9.17) is 11.5 Å². The van der Waals surface area contributed by atoms with Crippen LogP contribution < -0.4 is 48.7 Å². The minimum absolute atomic E-state index is 0.0274. The third-order valence-electron chi connectivity index (χ3n) is 9.75. The van der Waals surface area contributed by atoms with Crippen LogP contribution >= 0.6 is 24.4 Å². The third kappa shape index (κ3) is 20.1. The largest absolute Gasteiger partial charge is 0.480 e. The van der Waals surface area contributed by atoms with Crippen molar-refractivity contribution in [2.24, 2.45) is 17.4 Å². The number of aliphatic hydroxyl groups is 1. The summed E-state index contributed by atoms with van der Waals surface area (Å²) in [7, 11) is 0. The molecule has 1 aromatic heterocycles. The molecule has 356 valence electrons. The highest BCUT2D eigenvalue weighted by Crippen LogP contribution is 2.11. The van der Waals surface area contributed by atoms with Crippen LogP contribution in [0.3, 0.4) is 0 Å². The van der Waals surface area contributed by atoms with Gasteiger partial charge in [-0.05, 0) is 69.1 Å². The Hall–Kier alpha value is -5.23. The van der Waals surface area contributed by atoms with Gasteiger partial charge in [-0.3, -0.25) is 33.6 Å². The molecule has 0 fully saturated rings. The third-order valence-corrected chi connectivity index (χ3v) is 10.8. The molecule has 0 spiro atoms. The predicted molar refractivity (Wildman–Crippen MR) is 244 cm³/mol. The highest BCUT2D eigenvalue weighted by atomic mass is 32.2. The average molecular weight is 936 g/mol. The number of nitrogens with zero attached hydrogens (tertiary/aromatic N) is 1. The van der Waals surface area contributed by atoms with Crippen molar-refractivity contribution in [2.75, 3.05) is 30.9 Å². The van der Waals surface area contributed by atoms with Crippen molar-refractivity contribution in [3.8, 4) is 0 Å². The van der Waals surface area contributed by atoms with Crippen molar-refractivity contribution in [1.29, 1.82) is 0 Å². The van der Waals surface area contributed by atoms with E-state index in [1.54, 1.807) is 30.3 Å². The minimum Gasteiger partial charge on any atom is -0.480 e. The number of imidazole rings is 1. The molecule has 21 nitrogen and oxygen atoms in total. The van der Waals surface area contributed by atoms with Crippen LogP contribution in [-0.2, 0) is 51.2 Å². The fourth-order valence-corrected chi connectivity index (χ4v) is 6.87. The summed E-state index contributed by atoms with van der Waals surface area (Å²) in [5, 5.41) is 37.3. The standard InChI is InChI=1S/C41H65N11O10S2/c1-23(2)16-29(47-33(54)20-45-40(60)34(43)24(3)53)37(57)49-28(13-15-64-4)36(56)50-30(17-25-10-6-5-7-11-25)38(58)48-27(12-8-9-14-42)35(55)51-31(18-26-19-44-22-46-26)39(59)52-32(21-63)41(61)62/h5-7,10-11,19,22-24,27-32,34,53,63H,8-9,12-18,20-21,42-43H2,1-4H3,(H,44,46)(H,45,60)(H,47,54)(H,48,58)(H,49,57)(H,50,56)(H,51,55)(H,52,59)(H,61,62)/t24-,27+,28+,29+,30+,31+,32+,34+/m1/s1. The van der Waals surface area contributed by atoms with Gasteiger partial charge in [0.1, 0.15) is 42.3 Å². The Balaban J connectivity index is 2.39. The van der Waals surface area contributed by atoms with Gasteiger partial charge in [0.25, 0.3) is 0 Å². The molecule has 0 bridgehead atoms. The zero-order chi connectivity index (χ0) is 47.8. The second-order valence-corrected chi connectivity index (χ2v) is 16.9. The first-order chi connectivity index (χ1) is 30.4. The number of benzene rings is 1. The Labute approximate surface area is 382 Å². The number of nitrogens with one attached hydrogen (secondary N) is 8. The topological polar surface area (TPSA) is 342 Å². The number of unbranched alkanes of at least 4 members (excludes halogenated alkanes) is 1. The second-order valence-electron chi connectivity index (χ2n) is 15.6. The Kier molecular flexibility index (Phi) is 25.1. The number of carbonyl (C=O) groups excluding carboxylic acids is 7. The monoisotopic (exact) mass is 935 g/mol. The maximum absolute atomic E-state index is 14.3. The zero-order valence-electron chi connectivity index (χ0n) is 36.6. The number of carboxylic acid groups (broad SMARTS) is 1. The van der Waals surface area contributed by atoms with Crippen molar-refractivity contribution in [3.63, 3.8) is 0 Å². The quantitative estimate of drug-likeness (QED) is 0.0294. The van der Waals surface area contributed by atoms with Gasteiger partial charge in [0.2, 0.25) is 41.4 Å². The average Bonchev–Trinajstić information content (AvgIpc) is 3.77. The SMILES string of the molecule is CSCC[C@H](NC(=O)[C@H](CC(C)C)NC(=O)CNC(=O)[C@@H](N)[C@@H](C)O)C(=O)N[C@@H](Cc1ccccc1)C(=O)N[C@@H](CCCCN)C(=O)N[C@@H](Cc1cnc[nH]1)C(=O)N[C@@H](CS)C(=O)O. The smallest absolute Gasteiger partial charge is 0.327 e. The molecule has 0 saturated carbocycles. The molecule has 0 aliphatic carbocycles. The Morgan fingerprint density at radius 1 is 0.750 bits per heavy atom. The lowest BCUT2D eigenvalue weighted by Crippen LogP contribution is -2.60. The molecule has 0 aliphatic rings. The number of hydrogen-bond acceptors (Lipinski definition) is 14. The van der Waals surface area contributed by atoms with E-state index in [0.717, 1.165) is 0 Å². The van der Waals surface area contributed by atoms with Crippen LogP contribution in [0.5, 0.6) is 0 Å². The number of aromatic amines is 1. The van der Waals surface area contributed by atoms with Crippen LogP contribution in [0.4, 0.5) is 0 Å². The molecule has 14 N–H and O–H groups in total. The number of thiol groups is 1. The lowest BCUT2D eigenvalue weighted by Gasteiger charge is -2.28. The highest BCUT2D eigenvalue weighted by molar-refractivity contribution is 7.98. The summed E-state index contributed by atoms with van der Waals surface area (Å²) >= 11 is 5.42. The first kappa shape index (κ1) is 54.9. The Morgan fingerprint density at radius 2 is 1.30 bits per heavy atom. The first-order valence-electron chi connectivity index (χ1n) is 21.0. The molecule has 23 heteroatoms. The van der Waals surface area contributed by atoms with Gasteiger partial charge in [0, 0.05) is 30.5 Å². The number of H-pyrrole nitrogens is 1. The van der Waals surface area contributed by atoms with Gasteiger partial charge < -0.3 is 63.9 Å².